The van der Waals surface area contributed by atoms with E-state index in [1.807, 2.05) is 42.2 Å². The molecule has 5 heteroatoms. The van der Waals surface area contributed by atoms with Gasteiger partial charge in [0.1, 0.15) is 0 Å². The van der Waals surface area contributed by atoms with Crippen molar-refractivity contribution >= 4 is 34.2 Å². The van der Waals surface area contributed by atoms with Crippen LogP contribution in [0.1, 0.15) is 12.5 Å². The zero-order valence-electron chi connectivity index (χ0n) is 9.40. The van der Waals surface area contributed by atoms with Crippen LogP contribution in [0.3, 0.4) is 0 Å². The van der Waals surface area contributed by atoms with Crippen LogP contribution in [0.2, 0.25) is 5.02 Å². The summed E-state index contributed by atoms with van der Waals surface area (Å²) in [5, 5.41) is 5.04. The minimum Gasteiger partial charge on any atom is -0.328 e. The highest BCUT2D eigenvalue weighted by Gasteiger charge is 2.08. The van der Waals surface area contributed by atoms with Crippen molar-refractivity contribution in [1.82, 2.24) is 9.78 Å². The fourth-order valence-electron chi connectivity index (χ4n) is 1.72. The first-order chi connectivity index (χ1) is 8.06. The van der Waals surface area contributed by atoms with Crippen LogP contribution in [0.5, 0.6) is 0 Å². The summed E-state index contributed by atoms with van der Waals surface area (Å²) in [6.45, 7) is 1.98. The number of hydrogen-bond donors (Lipinski definition) is 1. The zero-order chi connectivity index (χ0) is 12.4. The fourth-order valence-corrected chi connectivity index (χ4v) is 2.30. The molecule has 0 saturated heterocycles. The van der Waals surface area contributed by atoms with E-state index in [4.69, 9.17) is 17.3 Å². The van der Waals surface area contributed by atoms with Gasteiger partial charge in [-0.1, -0.05) is 11.6 Å². The van der Waals surface area contributed by atoms with Crippen LogP contribution < -0.4 is 5.73 Å². The lowest BCUT2D eigenvalue weighted by atomic mass is 10.1. The molecule has 90 valence electrons. The number of halogens is 2. The van der Waals surface area contributed by atoms with Crippen molar-refractivity contribution < 1.29 is 0 Å². The smallest absolute Gasteiger partial charge is 0.0679 e. The summed E-state index contributed by atoms with van der Waals surface area (Å²) in [6.07, 6.45) is 4.59. The summed E-state index contributed by atoms with van der Waals surface area (Å²) >= 11 is 8.26. The summed E-state index contributed by atoms with van der Waals surface area (Å²) in [5.41, 5.74) is 8.01. The second-order valence-electron chi connectivity index (χ2n) is 4.06. The van der Waals surface area contributed by atoms with Gasteiger partial charge in [-0.3, -0.25) is 0 Å². The third kappa shape index (κ3) is 3.20. The maximum atomic E-state index is 6.02. The Morgan fingerprint density at radius 1 is 1.53 bits per heavy atom. The molecule has 0 aliphatic carbocycles. The first-order valence-corrected chi connectivity index (χ1v) is 6.76. The summed E-state index contributed by atoms with van der Waals surface area (Å²) in [5.74, 6) is 0. The van der Waals surface area contributed by atoms with Gasteiger partial charge in [0.2, 0.25) is 0 Å². The van der Waals surface area contributed by atoms with Gasteiger partial charge in [-0.2, -0.15) is 5.10 Å². The number of nitrogens with two attached hydrogens (primary N) is 1. The molecule has 1 aromatic carbocycles. The Bertz CT molecular complexity index is 522. The highest BCUT2D eigenvalue weighted by Crippen LogP contribution is 2.21. The van der Waals surface area contributed by atoms with Crippen LogP contribution >= 0.6 is 34.2 Å². The molecule has 0 aliphatic heterocycles. The SMILES string of the molecule is CC(N)Cc1cc(Cl)ccc1-n1cc(I)cn1. The third-order valence-corrected chi connectivity index (χ3v) is 3.17. The van der Waals surface area contributed by atoms with Gasteiger partial charge in [0.15, 0.2) is 0 Å². The van der Waals surface area contributed by atoms with Crippen LogP contribution in [0, 0.1) is 3.57 Å². The van der Waals surface area contributed by atoms with E-state index < -0.39 is 0 Å². The fraction of sp³-hybridized carbons (Fsp3) is 0.250. The number of nitrogens with zero attached hydrogens (tertiary/aromatic N) is 2. The van der Waals surface area contributed by atoms with Crippen molar-refractivity contribution in [2.45, 2.75) is 19.4 Å². The van der Waals surface area contributed by atoms with Crippen molar-refractivity contribution in [3.8, 4) is 5.69 Å². The number of benzene rings is 1. The predicted octanol–water partition coefficient (Wildman–Crippen LogP) is 3.02. The molecule has 2 N–H and O–H groups in total. The van der Waals surface area contributed by atoms with Crippen LogP contribution in [0.4, 0.5) is 0 Å². The van der Waals surface area contributed by atoms with Gasteiger partial charge in [0.05, 0.1) is 15.5 Å². The van der Waals surface area contributed by atoms with Gasteiger partial charge in [-0.15, -0.1) is 0 Å². The van der Waals surface area contributed by atoms with Gasteiger partial charge in [-0.25, -0.2) is 4.68 Å². The molecular formula is C12H13ClIN3. The largest absolute Gasteiger partial charge is 0.328 e. The Morgan fingerprint density at radius 3 is 2.88 bits per heavy atom. The van der Waals surface area contributed by atoms with Crippen molar-refractivity contribution in [3.63, 3.8) is 0 Å². The molecule has 0 saturated carbocycles. The molecule has 1 aromatic heterocycles. The van der Waals surface area contributed by atoms with E-state index in [1.54, 1.807) is 0 Å². The van der Waals surface area contributed by atoms with E-state index in [0.29, 0.717) is 0 Å². The maximum absolute atomic E-state index is 6.02. The molecule has 1 heterocycles. The van der Waals surface area contributed by atoms with Crippen LogP contribution in [0.15, 0.2) is 30.6 Å². The van der Waals surface area contributed by atoms with Gasteiger partial charge in [0.25, 0.3) is 0 Å². The second-order valence-corrected chi connectivity index (χ2v) is 5.74. The average Bonchev–Trinajstić information content (AvgIpc) is 2.64. The summed E-state index contributed by atoms with van der Waals surface area (Å²) in [4.78, 5) is 0. The number of hydrogen-bond acceptors (Lipinski definition) is 2. The number of aromatic nitrogens is 2. The average molecular weight is 362 g/mol. The van der Waals surface area contributed by atoms with E-state index in [1.165, 1.54) is 0 Å². The Hall–Kier alpha value is -0.590. The van der Waals surface area contributed by atoms with Gasteiger partial charge < -0.3 is 5.73 Å². The first-order valence-electron chi connectivity index (χ1n) is 5.31. The van der Waals surface area contributed by atoms with Crippen LogP contribution in [-0.4, -0.2) is 15.8 Å². The topological polar surface area (TPSA) is 43.8 Å². The van der Waals surface area contributed by atoms with Crippen molar-refractivity contribution in [2.24, 2.45) is 5.73 Å². The Morgan fingerprint density at radius 2 is 2.29 bits per heavy atom. The molecule has 3 nitrogen and oxygen atoms in total. The minimum atomic E-state index is 0.0989. The molecule has 0 fully saturated rings. The van der Waals surface area contributed by atoms with Gasteiger partial charge in [-0.05, 0) is 59.7 Å². The molecule has 0 amide bonds. The molecule has 1 atom stereocenters. The first kappa shape index (κ1) is 12.9. The van der Waals surface area contributed by atoms with Crippen molar-refractivity contribution in [2.75, 3.05) is 0 Å². The zero-order valence-corrected chi connectivity index (χ0v) is 12.3. The lowest BCUT2D eigenvalue weighted by Gasteiger charge is -2.12. The molecule has 0 aliphatic rings. The van der Waals surface area contributed by atoms with Crippen LogP contribution in [0.25, 0.3) is 5.69 Å². The normalized spacial score (nSPS) is 12.7. The van der Waals surface area contributed by atoms with Gasteiger partial charge >= 0.3 is 0 Å². The number of rotatable bonds is 3. The third-order valence-electron chi connectivity index (χ3n) is 2.38. The highest BCUT2D eigenvalue weighted by molar-refractivity contribution is 14.1. The molecule has 2 aromatic rings. The second kappa shape index (κ2) is 5.37. The Balaban J connectivity index is 2.45. The van der Waals surface area contributed by atoms with E-state index in [9.17, 15) is 0 Å². The minimum absolute atomic E-state index is 0.0989. The standard InChI is InChI=1S/C12H13ClIN3/c1-8(15)4-9-5-10(13)2-3-12(9)17-7-11(14)6-16-17/h2-3,5-8H,4,15H2,1H3. The highest BCUT2D eigenvalue weighted by atomic mass is 127. The lowest BCUT2D eigenvalue weighted by molar-refractivity contribution is 0.727. The molecule has 2 rings (SSSR count). The molecule has 0 radical (unpaired) electrons. The predicted molar refractivity (Wildman–Crippen MR) is 78.6 cm³/mol. The molecule has 0 bridgehead atoms. The summed E-state index contributed by atoms with van der Waals surface area (Å²) in [7, 11) is 0. The molecule has 0 spiro atoms. The van der Waals surface area contributed by atoms with E-state index in [2.05, 4.69) is 27.7 Å². The quantitative estimate of drug-likeness (QED) is 0.854. The van der Waals surface area contributed by atoms with Crippen molar-refractivity contribution in [3.05, 3.63) is 44.7 Å². The van der Waals surface area contributed by atoms with Crippen molar-refractivity contribution in [1.29, 1.82) is 0 Å². The Labute approximate surface area is 119 Å². The summed E-state index contributed by atoms with van der Waals surface area (Å²) < 4.78 is 2.96. The maximum Gasteiger partial charge on any atom is 0.0679 e. The van der Waals surface area contributed by atoms with E-state index >= 15 is 0 Å². The van der Waals surface area contributed by atoms with Gasteiger partial charge in [0, 0.05) is 17.3 Å². The molecule has 1 unspecified atom stereocenters. The van der Waals surface area contributed by atoms with E-state index in [-0.39, 0.29) is 6.04 Å². The monoisotopic (exact) mass is 361 g/mol. The van der Waals surface area contributed by atoms with E-state index in [0.717, 1.165) is 26.3 Å². The molecular weight excluding hydrogens is 349 g/mol. The Kier molecular flexibility index (Phi) is 4.06. The lowest BCUT2D eigenvalue weighted by Crippen LogP contribution is -2.19. The molecule has 17 heavy (non-hydrogen) atoms. The summed E-state index contributed by atoms with van der Waals surface area (Å²) in [6, 6.07) is 5.90. The van der Waals surface area contributed by atoms with Crippen LogP contribution in [-0.2, 0) is 6.42 Å².